The van der Waals surface area contributed by atoms with Gasteiger partial charge in [-0.3, -0.25) is 0 Å². The van der Waals surface area contributed by atoms with Crippen LogP contribution in [-0.4, -0.2) is 23.9 Å². The number of hydrogen-bond donors (Lipinski definition) is 1. The fourth-order valence-corrected chi connectivity index (χ4v) is 1.40. The van der Waals surface area contributed by atoms with Gasteiger partial charge in [0.1, 0.15) is 0 Å². The molecule has 0 amide bonds. The monoisotopic (exact) mass is 144 g/mol. The molecule has 0 heterocycles. The Morgan fingerprint density at radius 2 is 2.10 bits per heavy atom. The van der Waals surface area contributed by atoms with Crippen molar-refractivity contribution in [2.45, 2.75) is 44.8 Å². The second kappa shape index (κ2) is 3.94. The molecular formula is C8H16O2. The molecular weight excluding hydrogens is 128 g/mol. The number of hydrogen-bond acceptors (Lipinski definition) is 2. The van der Waals surface area contributed by atoms with Gasteiger partial charge in [0.05, 0.1) is 18.8 Å². The summed E-state index contributed by atoms with van der Waals surface area (Å²) in [4.78, 5) is 0. The van der Waals surface area contributed by atoms with Gasteiger partial charge in [-0.25, -0.2) is 0 Å². The average molecular weight is 144 g/mol. The van der Waals surface area contributed by atoms with Crippen LogP contribution in [-0.2, 0) is 4.74 Å². The highest BCUT2D eigenvalue weighted by Crippen LogP contribution is 2.21. The molecule has 0 aliphatic heterocycles. The van der Waals surface area contributed by atoms with Gasteiger partial charge in [-0.1, -0.05) is 12.8 Å². The molecule has 0 bridgehead atoms. The summed E-state index contributed by atoms with van der Waals surface area (Å²) in [6, 6.07) is 0. The second-order valence-electron chi connectivity index (χ2n) is 3.04. The van der Waals surface area contributed by atoms with Crippen molar-refractivity contribution in [1.29, 1.82) is 0 Å². The highest BCUT2D eigenvalue weighted by atomic mass is 16.5. The Bertz CT molecular complexity index is 87.3. The highest BCUT2D eigenvalue weighted by molar-refractivity contribution is 4.67. The number of aliphatic hydroxyl groups is 1. The van der Waals surface area contributed by atoms with Crippen LogP contribution in [0.5, 0.6) is 0 Å². The average Bonchev–Trinajstić information content (AvgIpc) is 2.40. The normalized spacial score (nSPS) is 23.4. The van der Waals surface area contributed by atoms with Gasteiger partial charge in [0.25, 0.3) is 0 Å². The molecule has 0 aromatic rings. The van der Waals surface area contributed by atoms with E-state index >= 15 is 0 Å². The highest BCUT2D eigenvalue weighted by Gasteiger charge is 2.17. The lowest BCUT2D eigenvalue weighted by Gasteiger charge is -2.15. The standard InChI is InChI=1S/C8H16O2/c1-7(6-9)10-8-4-2-3-5-8/h7-9H,2-6H2,1H3. The van der Waals surface area contributed by atoms with Crippen LogP contribution in [0.3, 0.4) is 0 Å². The molecule has 0 aromatic carbocycles. The molecule has 0 spiro atoms. The van der Waals surface area contributed by atoms with E-state index < -0.39 is 0 Å². The molecule has 0 radical (unpaired) electrons. The van der Waals surface area contributed by atoms with Gasteiger partial charge in [0, 0.05) is 0 Å². The molecule has 1 rings (SSSR count). The summed E-state index contributed by atoms with van der Waals surface area (Å²) < 4.78 is 5.51. The van der Waals surface area contributed by atoms with Crippen molar-refractivity contribution in [3.63, 3.8) is 0 Å². The van der Waals surface area contributed by atoms with E-state index in [1.54, 1.807) is 0 Å². The molecule has 1 N–H and O–H groups in total. The first-order valence-electron chi connectivity index (χ1n) is 4.09. The van der Waals surface area contributed by atoms with Crippen LogP contribution >= 0.6 is 0 Å². The van der Waals surface area contributed by atoms with Gasteiger partial charge in [0.2, 0.25) is 0 Å². The summed E-state index contributed by atoms with van der Waals surface area (Å²) in [6.07, 6.45) is 5.42. The van der Waals surface area contributed by atoms with Crippen LogP contribution in [0.15, 0.2) is 0 Å². The first-order valence-corrected chi connectivity index (χ1v) is 4.09. The SMILES string of the molecule is CC(CO)OC1CCCC1. The van der Waals surface area contributed by atoms with Crippen LogP contribution < -0.4 is 0 Å². The van der Waals surface area contributed by atoms with Crippen molar-refractivity contribution in [3.05, 3.63) is 0 Å². The van der Waals surface area contributed by atoms with Crippen molar-refractivity contribution in [2.75, 3.05) is 6.61 Å². The van der Waals surface area contributed by atoms with E-state index in [4.69, 9.17) is 9.84 Å². The molecule has 1 unspecified atom stereocenters. The van der Waals surface area contributed by atoms with Crippen LogP contribution in [0.1, 0.15) is 32.6 Å². The molecule has 0 saturated heterocycles. The zero-order valence-electron chi connectivity index (χ0n) is 6.55. The summed E-state index contributed by atoms with van der Waals surface area (Å²) in [6.45, 7) is 2.06. The smallest absolute Gasteiger partial charge is 0.0781 e. The minimum Gasteiger partial charge on any atom is -0.394 e. The zero-order chi connectivity index (χ0) is 7.40. The molecule has 0 aromatic heterocycles. The first kappa shape index (κ1) is 8.02. The van der Waals surface area contributed by atoms with Gasteiger partial charge in [-0.15, -0.1) is 0 Å². The molecule has 60 valence electrons. The Kier molecular flexibility index (Phi) is 3.16. The lowest BCUT2D eigenvalue weighted by molar-refractivity contribution is -0.0253. The predicted molar refractivity (Wildman–Crippen MR) is 39.9 cm³/mol. The largest absolute Gasteiger partial charge is 0.394 e. The van der Waals surface area contributed by atoms with Gasteiger partial charge < -0.3 is 9.84 Å². The number of rotatable bonds is 3. The van der Waals surface area contributed by atoms with Crippen molar-refractivity contribution in [1.82, 2.24) is 0 Å². The molecule has 2 nitrogen and oxygen atoms in total. The number of aliphatic hydroxyl groups excluding tert-OH is 1. The maximum absolute atomic E-state index is 8.67. The van der Waals surface area contributed by atoms with Crippen molar-refractivity contribution < 1.29 is 9.84 Å². The Balaban J connectivity index is 2.11. The lowest BCUT2D eigenvalue weighted by Crippen LogP contribution is -2.19. The maximum atomic E-state index is 8.67. The first-order chi connectivity index (χ1) is 4.83. The lowest BCUT2D eigenvalue weighted by atomic mass is 10.3. The maximum Gasteiger partial charge on any atom is 0.0781 e. The second-order valence-corrected chi connectivity index (χ2v) is 3.04. The van der Waals surface area contributed by atoms with Crippen LogP contribution in [0.4, 0.5) is 0 Å². The van der Waals surface area contributed by atoms with Crippen molar-refractivity contribution >= 4 is 0 Å². The third-order valence-electron chi connectivity index (χ3n) is 1.98. The molecule has 1 saturated carbocycles. The Morgan fingerprint density at radius 3 is 2.60 bits per heavy atom. The van der Waals surface area contributed by atoms with Crippen molar-refractivity contribution in [3.8, 4) is 0 Å². The third-order valence-corrected chi connectivity index (χ3v) is 1.98. The van der Waals surface area contributed by atoms with E-state index in [2.05, 4.69) is 0 Å². The quantitative estimate of drug-likeness (QED) is 0.647. The molecule has 1 aliphatic carbocycles. The fraction of sp³-hybridized carbons (Fsp3) is 1.00. The minimum absolute atomic E-state index is 0.0306. The van der Waals surface area contributed by atoms with Gasteiger partial charge in [-0.05, 0) is 19.8 Å². The Labute approximate surface area is 62.2 Å². The summed E-state index contributed by atoms with van der Waals surface area (Å²) in [5, 5.41) is 8.67. The van der Waals surface area contributed by atoms with E-state index in [9.17, 15) is 0 Å². The summed E-state index contributed by atoms with van der Waals surface area (Å²) in [7, 11) is 0. The van der Waals surface area contributed by atoms with Gasteiger partial charge in [0.15, 0.2) is 0 Å². The van der Waals surface area contributed by atoms with Crippen LogP contribution in [0.25, 0.3) is 0 Å². The summed E-state index contributed by atoms with van der Waals surface area (Å²) in [5.74, 6) is 0. The van der Waals surface area contributed by atoms with E-state index in [0.29, 0.717) is 6.10 Å². The predicted octanol–water partition coefficient (Wildman–Crippen LogP) is 1.33. The zero-order valence-corrected chi connectivity index (χ0v) is 6.55. The third kappa shape index (κ3) is 2.27. The summed E-state index contributed by atoms with van der Waals surface area (Å²) >= 11 is 0. The van der Waals surface area contributed by atoms with Crippen molar-refractivity contribution in [2.24, 2.45) is 0 Å². The van der Waals surface area contributed by atoms with E-state index in [1.807, 2.05) is 6.92 Å². The molecule has 2 heteroatoms. The molecule has 10 heavy (non-hydrogen) atoms. The van der Waals surface area contributed by atoms with Crippen LogP contribution in [0.2, 0.25) is 0 Å². The van der Waals surface area contributed by atoms with Gasteiger partial charge in [-0.2, -0.15) is 0 Å². The molecule has 1 fully saturated rings. The molecule has 1 atom stereocenters. The molecule has 1 aliphatic rings. The topological polar surface area (TPSA) is 29.5 Å². The minimum atomic E-state index is 0.0306. The van der Waals surface area contributed by atoms with E-state index in [0.717, 1.165) is 0 Å². The summed E-state index contributed by atoms with van der Waals surface area (Å²) in [5.41, 5.74) is 0. The van der Waals surface area contributed by atoms with Gasteiger partial charge >= 0.3 is 0 Å². The van der Waals surface area contributed by atoms with Crippen LogP contribution in [0, 0.1) is 0 Å². The van der Waals surface area contributed by atoms with E-state index in [-0.39, 0.29) is 12.7 Å². The Morgan fingerprint density at radius 1 is 1.50 bits per heavy atom. The van der Waals surface area contributed by atoms with E-state index in [1.165, 1.54) is 25.7 Å². The fourth-order valence-electron chi connectivity index (χ4n) is 1.40. The Hall–Kier alpha value is -0.0800. The number of ether oxygens (including phenoxy) is 1.